The van der Waals surface area contributed by atoms with Gasteiger partial charge in [0, 0.05) is 24.4 Å². The summed E-state index contributed by atoms with van der Waals surface area (Å²) in [6.45, 7) is 2.48. The van der Waals surface area contributed by atoms with Gasteiger partial charge in [0.1, 0.15) is 5.75 Å². The predicted molar refractivity (Wildman–Crippen MR) is 70.8 cm³/mol. The molecule has 0 aromatic heterocycles. The number of benzene rings is 1. The van der Waals surface area contributed by atoms with Gasteiger partial charge in [-0.05, 0) is 18.6 Å². The van der Waals surface area contributed by atoms with Gasteiger partial charge in [0.15, 0.2) is 0 Å². The van der Waals surface area contributed by atoms with Crippen LogP contribution in [0.5, 0.6) is 5.75 Å². The summed E-state index contributed by atoms with van der Waals surface area (Å²) in [5.74, 6) is 0.393. The zero-order valence-corrected chi connectivity index (χ0v) is 11.0. The van der Waals surface area contributed by atoms with Crippen molar-refractivity contribution < 1.29 is 14.3 Å². The Kier molecular flexibility index (Phi) is 5.45. The van der Waals surface area contributed by atoms with Gasteiger partial charge in [0.25, 0.3) is 5.91 Å². The number of anilines is 1. The third-order valence-corrected chi connectivity index (χ3v) is 2.62. The topological polar surface area (TPSA) is 73.6 Å². The molecule has 1 aromatic carbocycles. The monoisotopic (exact) mass is 252 g/mol. The second-order valence-electron chi connectivity index (χ2n) is 4.03. The van der Waals surface area contributed by atoms with Gasteiger partial charge in [0.05, 0.1) is 19.8 Å². The van der Waals surface area contributed by atoms with Crippen LogP contribution in [0.2, 0.25) is 0 Å². The number of nitrogen functional groups attached to an aromatic ring is 1. The highest BCUT2D eigenvalue weighted by Crippen LogP contribution is 2.18. The lowest BCUT2D eigenvalue weighted by atomic mass is 10.1. The Morgan fingerprint density at radius 1 is 1.39 bits per heavy atom. The Balaban J connectivity index is 2.79. The minimum Gasteiger partial charge on any atom is -0.497 e. The molecule has 5 nitrogen and oxygen atoms in total. The molecule has 0 aliphatic rings. The van der Waals surface area contributed by atoms with Crippen molar-refractivity contribution in [2.75, 3.05) is 26.6 Å². The van der Waals surface area contributed by atoms with Crippen LogP contribution < -0.4 is 15.8 Å². The van der Waals surface area contributed by atoms with E-state index in [-0.39, 0.29) is 11.9 Å². The van der Waals surface area contributed by atoms with Crippen molar-refractivity contribution in [2.24, 2.45) is 0 Å². The van der Waals surface area contributed by atoms with Gasteiger partial charge in [-0.3, -0.25) is 4.79 Å². The zero-order chi connectivity index (χ0) is 13.5. The van der Waals surface area contributed by atoms with E-state index in [2.05, 4.69) is 5.32 Å². The predicted octanol–water partition coefficient (Wildman–Crippen LogP) is 1.43. The molecule has 1 aromatic rings. The molecule has 0 fully saturated rings. The van der Waals surface area contributed by atoms with Crippen LogP contribution in [0.3, 0.4) is 0 Å². The number of rotatable bonds is 6. The van der Waals surface area contributed by atoms with Gasteiger partial charge in [-0.25, -0.2) is 0 Å². The van der Waals surface area contributed by atoms with E-state index >= 15 is 0 Å². The first-order valence-corrected chi connectivity index (χ1v) is 5.85. The maximum atomic E-state index is 12.0. The lowest BCUT2D eigenvalue weighted by Gasteiger charge is -2.16. The Morgan fingerprint density at radius 3 is 2.67 bits per heavy atom. The van der Waals surface area contributed by atoms with Crippen molar-refractivity contribution in [3.63, 3.8) is 0 Å². The van der Waals surface area contributed by atoms with E-state index in [1.54, 1.807) is 25.3 Å². The second kappa shape index (κ2) is 6.86. The minimum atomic E-state index is -0.176. The van der Waals surface area contributed by atoms with Gasteiger partial charge in [-0.15, -0.1) is 0 Å². The summed E-state index contributed by atoms with van der Waals surface area (Å²) in [5, 5.41) is 2.89. The van der Waals surface area contributed by atoms with E-state index in [0.717, 1.165) is 6.42 Å². The normalized spacial score (nSPS) is 11.9. The molecule has 0 aliphatic heterocycles. The molecule has 0 radical (unpaired) electrons. The number of hydrogen-bond donors (Lipinski definition) is 2. The maximum absolute atomic E-state index is 12.0. The van der Waals surface area contributed by atoms with Crippen molar-refractivity contribution in [2.45, 2.75) is 19.4 Å². The molecule has 1 amide bonds. The molecule has 3 N–H and O–H groups in total. The lowest BCUT2D eigenvalue weighted by Crippen LogP contribution is -2.37. The maximum Gasteiger partial charge on any atom is 0.251 e. The van der Waals surface area contributed by atoms with E-state index in [0.29, 0.717) is 23.6 Å². The number of carbonyl (C=O) groups excluding carboxylic acids is 1. The molecule has 100 valence electrons. The first kappa shape index (κ1) is 14.3. The van der Waals surface area contributed by atoms with Gasteiger partial charge >= 0.3 is 0 Å². The molecule has 0 aliphatic carbocycles. The summed E-state index contributed by atoms with van der Waals surface area (Å²) < 4.78 is 10.1. The van der Waals surface area contributed by atoms with E-state index in [1.165, 1.54) is 7.11 Å². The fraction of sp³-hybridized carbons (Fsp3) is 0.462. The highest BCUT2D eigenvalue weighted by Gasteiger charge is 2.13. The lowest BCUT2D eigenvalue weighted by molar-refractivity contribution is 0.0894. The molecule has 0 saturated carbocycles. The molecule has 1 atom stereocenters. The van der Waals surface area contributed by atoms with Crippen LogP contribution in [0.25, 0.3) is 0 Å². The fourth-order valence-electron chi connectivity index (χ4n) is 1.60. The van der Waals surface area contributed by atoms with Crippen molar-refractivity contribution in [3.8, 4) is 5.75 Å². The van der Waals surface area contributed by atoms with Crippen LogP contribution in [0.4, 0.5) is 5.69 Å². The third kappa shape index (κ3) is 3.92. The quantitative estimate of drug-likeness (QED) is 0.751. The van der Waals surface area contributed by atoms with E-state index in [9.17, 15) is 4.79 Å². The van der Waals surface area contributed by atoms with Crippen LogP contribution in [0, 0.1) is 0 Å². The van der Waals surface area contributed by atoms with Crippen LogP contribution >= 0.6 is 0 Å². The van der Waals surface area contributed by atoms with Crippen molar-refractivity contribution in [1.29, 1.82) is 0 Å². The summed E-state index contributed by atoms with van der Waals surface area (Å²) in [6.07, 6.45) is 0.805. The SMILES string of the molecule is CCC(COC)NC(=O)c1cc(N)cc(OC)c1. The second-order valence-corrected chi connectivity index (χ2v) is 4.03. The number of carbonyl (C=O) groups is 1. The van der Waals surface area contributed by atoms with Crippen molar-refractivity contribution in [3.05, 3.63) is 23.8 Å². The Morgan fingerprint density at radius 2 is 2.11 bits per heavy atom. The number of methoxy groups -OCH3 is 2. The first-order valence-electron chi connectivity index (χ1n) is 5.85. The number of amides is 1. The standard InChI is InChI=1S/C13H20N2O3/c1-4-11(8-17-2)15-13(16)9-5-10(14)7-12(6-9)18-3/h5-7,11H,4,8,14H2,1-3H3,(H,15,16). The first-order chi connectivity index (χ1) is 8.60. The van der Waals surface area contributed by atoms with Gasteiger partial charge in [0.2, 0.25) is 0 Å². The molecular formula is C13H20N2O3. The van der Waals surface area contributed by atoms with Gasteiger partial charge in [-0.1, -0.05) is 6.92 Å². The molecule has 0 bridgehead atoms. The molecule has 1 unspecified atom stereocenters. The summed E-state index contributed by atoms with van der Waals surface area (Å²) in [7, 11) is 3.15. The highest BCUT2D eigenvalue weighted by molar-refractivity contribution is 5.95. The smallest absolute Gasteiger partial charge is 0.251 e. The molecule has 0 spiro atoms. The Labute approximate surface area is 107 Å². The molecular weight excluding hydrogens is 232 g/mol. The summed E-state index contributed by atoms with van der Waals surface area (Å²) in [4.78, 5) is 12.0. The zero-order valence-electron chi connectivity index (χ0n) is 11.0. The van der Waals surface area contributed by atoms with E-state index < -0.39 is 0 Å². The number of hydrogen-bond acceptors (Lipinski definition) is 4. The van der Waals surface area contributed by atoms with Gasteiger partial charge < -0.3 is 20.5 Å². The number of nitrogens with two attached hydrogens (primary N) is 1. The molecule has 0 saturated heterocycles. The molecule has 5 heteroatoms. The minimum absolute atomic E-state index is 0.00470. The average Bonchev–Trinajstić information content (AvgIpc) is 2.37. The molecule has 0 heterocycles. The Bertz CT molecular complexity index is 407. The summed E-state index contributed by atoms with van der Waals surface area (Å²) in [5.41, 5.74) is 6.70. The van der Waals surface area contributed by atoms with Crippen LogP contribution in [-0.2, 0) is 4.74 Å². The molecule has 1 rings (SSSR count). The van der Waals surface area contributed by atoms with E-state index in [1.807, 2.05) is 6.92 Å². The molecule has 18 heavy (non-hydrogen) atoms. The van der Waals surface area contributed by atoms with Crippen LogP contribution in [0.15, 0.2) is 18.2 Å². The van der Waals surface area contributed by atoms with Crippen LogP contribution in [-0.4, -0.2) is 32.8 Å². The third-order valence-electron chi connectivity index (χ3n) is 2.62. The number of ether oxygens (including phenoxy) is 2. The van der Waals surface area contributed by atoms with E-state index in [4.69, 9.17) is 15.2 Å². The van der Waals surface area contributed by atoms with Crippen LogP contribution in [0.1, 0.15) is 23.7 Å². The number of nitrogens with one attached hydrogen (secondary N) is 1. The highest BCUT2D eigenvalue weighted by atomic mass is 16.5. The Hall–Kier alpha value is -1.75. The summed E-state index contributed by atoms with van der Waals surface area (Å²) >= 11 is 0. The van der Waals surface area contributed by atoms with Crippen molar-refractivity contribution >= 4 is 11.6 Å². The average molecular weight is 252 g/mol. The largest absolute Gasteiger partial charge is 0.497 e. The van der Waals surface area contributed by atoms with Crippen molar-refractivity contribution in [1.82, 2.24) is 5.32 Å². The van der Waals surface area contributed by atoms with Gasteiger partial charge in [-0.2, -0.15) is 0 Å². The fourth-order valence-corrected chi connectivity index (χ4v) is 1.60. The summed E-state index contributed by atoms with van der Waals surface area (Å²) in [6, 6.07) is 4.95.